The summed E-state index contributed by atoms with van der Waals surface area (Å²) in [4.78, 5) is 25.8. The van der Waals surface area contributed by atoms with Crippen molar-refractivity contribution in [2.24, 2.45) is 0 Å². The van der Waals surface area contributed by atoms with Gasteiger partial charge in [-0.2, -0.15) is 0 Å². The van der Waals surface area contributed by atoms with Gasteiger partial charge >= 0.3 is 5.97 Å². The van der Waals surface area contributed by atoms with Crippen molar-refractivity contribution in [1.29, 1.82) is 0 Å². The molecule has 3 rings (SSSR count). The monoisotopic (exact) mass is 404 g/mol. The fourth-order valence-electron chi connectivity index (χ4n) is 3.22. The Kier molecular flexibility index (Phi) is 6.60. The van der Waals surface area contributed by atoms with E-state index in [0.717, 1.165) is 17.1 Å². The Morgan fingerprint density at radius 2 is 1.70 bits per heavy atom. The average molecular weight is 405 g/mol. The zero-order chi connectivity index (χ0) is 19.3. The minimum absolute atomic E-state index is 0.0401. The maximum Gasteiger partial charge on any atom is 0.333 e. The summed E-state index contributed by atoms with van der Waals surface area (Å²) < 4.78 is 17.9. The second-order valence-electron chi connectivity index (χ2n) is 6.18. The largest absolute Gasteiger partial charge is 0.464 e. The van der Waals surface area contributed by atoms with Crippen molar-refractivity contribution in [2.75, 3.05) is 18.1 Å². The van der Waals surface area contributed by atoms with Crippen molar-refractivity contribution in [3.05, 3.63) is 71.5 Å². The molecule has 142 valence electrons. The number of rotatable bonds is 7. The molecule has 1 saturated heterocycles. The van der Waals surface area contributed by atoms with E-state index in [1.165, 1.54) is 35.7 Å². The zero-order valence-corrected chi connectivity index (χ0v) is 16.7. The van der Waals surface area contributed by atoms with Crippen LogP contribution in [0.2, 0.25) is 0 Å². The molecule has 0 radical (unpaired) electrons. The van der Waals surface area contributed by atoms with Crippen LogP contribution < -0.4 is 0 Å². The predicted molar refractivity (Wildman–Crippen MR) is 109 cm³/mol. The molecule has 1 aliphatic heterocycles. The molecule has 27 heavy (non-hydrogen) atoms. The second kappa shape index (κ2) is 8.93. The highest BCUT2D eigenvalue weighted by Gasteiger charge is 2.52. The van der Waals surface area contributed by atoms with Gasteiger partial charge in [0, 0.05) is 29.4 Å². The van der Waals surface area contributed by atoms with Gasteiger partial charge in [-0.15, -0.1) is 23.5 Å². The number of carbonyl (C=O) groups is 2. The van der Waals surface area contributed by atoms with Crippen molar-refractivity contribution >= 4 is 35.3 Å². The lowest BCUT2D eigenvalue weighted by Gasteiger charge is -2.33. The van der Waals surface area contributed by atoms with Crippen LogP contribution in [-0.4, -0.2) is 33.9 Å². The number of ether oxygens (including phenoxy) is 1. The molecule has 0 saturated carbocycles. The van der Waals surface area contributed by atoms with Crippen LogP contribution in [0.25, 0.3) is 0 Å². The quantitative estimate of drug-likeness (QED) is 0.484. The van der Waals surface area contributed by atoms with Crippen LogP contribution >= 0.6 is 23.5 Å². The standard InChI is InChI=1S/C21H21FO3S2/c1-2-25-20(24)21(26-12-13-27-21)18(15-8-10-17(22)11-9-15)14-19(23)16-6-4-3-5-7-16/h3-11,18H,2,12-14H2,1H3. The number of esters is 1. The van der Waals surface area contributed by atoms with Gasteiger partial charge in [0.15, 0.2) is 9.86 Å². The van der Waals surface area contributed by atoms with Gasteiger partial charge in [0.1, 0.15) is 5.82 Å². The number of carbonyl (C=O) groups excluding carboxylic acids is 2. The van der Waals surface area contributed by atoms with Crippen LogP contribution in [0, 0.1) is 5.82 Å². The lowest BCUT2D eigenvalue weighted by molar-refractivity contribution is -0.143. The van der Waals surface area contributed by atoms with E-state index in [4.69, 9.17) is 4.74 Å². The molecule has 2 aromatic rings. The molecule has 1 atom stereocenters. The minimum Gasteiger partial charge on any atom is -0.464 e. The summed E-state index contributed by atoms with van der Waals surface area (Å²) in [6.45, 7) is 2.06. The number of hydrogen-bond acceptors (Lipinski definition) is 5. The molecule has 0 amide bonds. The Labute approximate surface area is 167 Å². The topological polar surface area (TPSA) is 43.4 Å². The van der Waals surface area contributed by atoms with Crippen molar-refractivity contribution in [2.45, 2.75) is 23.3 Å². The van der Waals surface area contributed by atoms with Crippen LogP contribution in [0.5, 0.6) is 0 Å². The highest BCUT2D eigenvalue weighted by molar-refractivity contribution is 8.22. The molecule has 0 aromatic heterocycles. The SMILES string of the molecule is CCOC(=O)C1(C(CC(=O)c2ccccc2)c2ccc(F)cc2)SCCS1. The predicted octanol–water partition coefficient (Wildman–Crippen LogP) is 4.92. The molecule has 1 aliphatic rings. The fourth-order valence-corrected chi connectivity index (χ4v) is 6.52. The summed E-state index contributed by atoms with van der Waals surface area (Å²) in [6, 6.07) is 15.1. The molecule has 0 aliphatic carbocycles. The number of ketones is 1. The summed E-state index contributed by atoms with van der Waals surface area (Å²) in [5.74, 6) is 0.516. The van der Waals surface area contributed by atoms with Gasteiger partial charge in [0.2, 0.25) is 0 Å². The van der Waals surface area contributed by atoms with Crippen LogP contribution in [0.3, 0.4) is 0 Å². The van der Waals surface area contributed by atoms with Gasteiger partial charge in [-0.05, 0) is 24.6 Å². The van der Waals surface area contributed by atoms with Crippen molar-refractivity contribution in [3.63, 3.8) is 0 Å². The molecule has 0 N–H and O–H groups in total. The molecule has 1 heterocycles. The number of thioether (sulfide) groups is 2. The first-order chi connectivity index (χ1) is 13.1. The molecule has 0 spiro atoms. The summed E-state index contributed by atoms with van der Waals surface area (Å²) in [7, 11) is 0. The van der Waals surface area contributed by atoms with E-state index in [1.54, 1.807) is 31.2 Å². The summed E-state index contributed by atoms with van der Waals surface area (Å²) >= 11 is 3.05. The third-order valence-corrected chi connectivity index (χ3v) is 8.03. The van der Waals surface area contributed by atoms with Crippen LogP contribution in [0.15, 0.2) is 54.6 Å². The van der Waals surface area contributed by atoms with E-state index in [1.807, 2.05) is 18.2 Å². The van der Waals surface area contributed by atoms with Gasteiger partial charge in [-0.1, -0.05) is 42.5 Å². The third-order valence-electron chi connectivity index (χ3n) is 4.49. The van der Waals surface area contributed by atoms with E-state index >= 15 is 0 Å². The molecule has 2 aromatic carbocycles. The molecule has 1 fully saturated rings. The normalized spacial score (nSPS) is 16.7. The highest BCUT2D eigenvalue weighted by atomic mass is 32.2. The molecule has 1 unspecified atom stereocenters. The number of hydrogen-bond donors (Lipinski definition) is 0. The van der Waals surface area contributed by atoms with E-state index in [-0.39, 0.29) is 30.6 Å². The zero-order valence-electron chi connectivity index (χ0n) is 15.0. The Hall–Kier alpha value is -1.79. The van der Waals surface area contributed by atoms with Crippen LogP contribution in [0.1, 0.15) is 35.2 Å². The molecule has 0 bridgehead atoms. The number of halogens is 1. The maximum atomic E-state index is 13.5. The van der Waals surface area contributed by atoms with Crippen LogP contribution in [-0.2, 0) is 9.53 Å². The average Bonchev–Trinajstić information content (AvgIpc) is 3.18. The third kappa shape index (κ3) is 4.38. The lowest BCUT2D eigenvalue weighted by atomic mass is 9.88. The van der Waals surface area contributed by atoms with Gasteiger partial charge in [-0.3, -0.25) is 4.79 Å². The van der Waals surface area contributed by atoms with E-state index in [9.17, 15) is 14.0 Å². The smallest absolute Gasteiger partial charge is 0.333 e. The maximum absolute atomic E-state index is 13.5. The van der Waals surface area contributed by atoms with Gasteiger partial charge < -0.3 is 4.74 Å². The molecular weight excluding hydrogens is 383 g/mol. The number of Topliss-reactive ketones (excluding diaryl/α,β-unsaturated/α-hetero) is 1. The minimum atomic E-state index is -0.891. The van der Waals surface area contributed by atoms with Gasteiger partial charge in [-0.25, -0.2) is 9.18 Å². The Bertz CT molecular complexity index is 787. The van der Waals surface area contributed by atoms with E-state index in [0.29, 0.717) is 5.56 Å². The summed E-state index contributed by atoms with van der Waals surface area (Å²) in [5.41, 5.74) is 1.38. The van der Waals surface area contributed by atoms with Crippen LogP contribution in [0.4, 0.5) is 4.39 Å². The van der Waals surface area contributed by atoms with Crippen molar-refractivity contribution < 1.29 is 18.7 Å². The molecular formula is C21H21FO3S2. The van der Waals surface area contributed by atoms with Gasteiger partial charge in [0.25, 0.3) is 0 Å². The number of benzene rings is 2. The first-order valence-corrected chi connectivity index (χ1v) is 10.8. The Morgan fingerprint density at radius 1 is 1.07 bits per heavy atom. The second-order valence-corrected chi connectivity index (χ2v) is 9.12. The fraction of sp³-hybridized carbons (Fsp3) is 0.333. The molecule has 6 heteroatoms. The molecule has 3 nitrogen and oxygen atoms in total. The van der Waals surface area contributed by atoms with Crippen molar-refractivity contribution in [1.82, 2.24) is 0 Å². The van der Waals surface area contributed by atoms with Gasteiger partial charge in [0.05, 0.1) is 6.61 Å². The Balaban J connectivity index is 1.99. The summed E-state index contributed by atoms with van der Waals surface area (Å²) in [6.07, 6.45) is 0.161. The first-order valence-electron chi connectivity index (χ1n) is 8.85. The van der Waals surface area contributed by atoms with Crippen molar-refractivity contribution in [3.8, 4) is 0 Å². The first kappa shape index (κ1) is 20.0. The van der Waals surface area contributed by atoms with E-state index in [2.05, 4.69) is 0 Å². The van der Waals surface area contributed by atoms with E-state index < -0.39 is 10.00 Å². The Morgan fingerprint density at radius 3 is 2.30 bits per heavy atom. The lowest BCUT2D eigenvalue weighted by Crippen LogP contribution is -2.39. The highest BCUT2D eigenvalue weighted by Crippen LogP contribution is 2.55. The summed E-state index contributed by atoms with van der Waals surface area (Å²) in [5, 5.41) is 0.